The molecule has 6 heteroatoms. The Labute approximate surface area is 129 Å². The van der Waals surface area contributed by atoms with Crippen molar-refractivity contribution in [3.63, 3.8) is 0 Å². The predicted molar refractivity (Wildman–Crippen MR) is 85.1 cm³/mol. The molecule has 0 atom stereocenters. The first kappa shape index (κ1) is 15.8. The second-order valence-corrected chi connectivity index (χ2v) is 5.11. The van der Waals surface area contributed by atoms with E-state index in [1.807, 2.05) is 43.3 Å². The second-order valence-electron chi connectivity index (χ2n) is 5.11. The number of likely N-dealkylation sites (N-methyl/N-ethyl adjacent to an activating group) is 1. The number of aromatic carboxylic acids is 1. The lowest BCUT2D eigenvalue weighted by Gasteiger charge is -2.11. The fourth-order valence-electron chi connectivity index (χ4n) is 1.95. The van der Waals surface area contributed by atoms with Crippen molar-refractivity contribution < 1.29 is 14.6 Å². The molecule has 6 nitrogen and oxygen atoms in total. The summed E-state index contributed by atoms with van der Waals surface area (Å²) in [6.07, 6.45) is 0. The van der Waals surface area contributed by atoms with Crippen LogP contribution in [0.3, 0.4) is 0 Å². The number of carbonyl (C=O) groups is 1. The number of hydrogen-bond acceptors (Lipinski definition) is 5. The number of benzene rings is 1. The maximum atomic E-state index is 11.3. The number of pyridine rings is 1. The van der Waals surface area contributed by atoms with E-state index in [0.717, 1.165) is 17.9 Å². The highest BCUT2D eigenvalue weighted by atomic mass is 16.5. The van der Waals surface area contributed by atoms with Gasteiger partial charge in [0.1, 0.15) is 18.2 Å². The van der Waals surface area contributed by atoms with E-state index >= 15 is 0 Å². The van der Waals surface area contributed by atoms with Crippen LogP contribution in [0.5, 0.6) is 5.75 Å². The van der Waals surface area contributed by atoms with Crippen LogP contribution in [0.25, 0.3) is 11.1 Å². The number of rotatable bonds is 6. The highest BCUT2D eigenvalue weighted by Crippen LogP contribution is 2.25. The first-order valence-electron chi connectivity index (χ1n) is 6.85. The van der Waals surface area contributed by atoms with Crippen molar-refractivity contribution in [2.24, 2.45) is 0 Å². The van der Waals surface area contributed by atoms with Gasteiger partial charge in [-0.2, -0.15) is 0 Å². The Kier molecular flexibility index (Phi) is 4.95. The summed E-state index contributed by atoms with van der Waals surface area (Å²) in [5.74, 6) is -0.177. The summed E-state index contributed by atoms with van der Waals surface area (Å²) >= 11 is 0. The molecule has 1 heterocycles. The number of ether oxygens (including phenoxy) is 1. The maximum Gasteiger partial charge on any atom is 0.355 e. The highest BCUT2D eigenvalue weighted by molar-refractivity contribution is 5.94. The van der Waals surface area contributed by atoms with Gasteiger partial charge in [-0.25, -0.2) is 9.78 Å². The predicted octanol–water partition coefficient (Wildman–Crippen LogP) is 1.97. The zero-order valence-electron chi connectivity index (χ0n) is 12.6. The third-order valence-corrected chi connectivity index (χ3v) is 3.09. The molecule has 3 N–H and O–H groups in total. The van der Waals surface area contributed by atoms with Gasteiger partial charge in [0, 0.05) is 12.1 Å². The van der Waals surface area contributed by atoms with Crippen molar-refractivity contribution in [1.29, 1.82) is 0 Å². The van der Waals surface area contributed by atoms with E-state index in [2.05, 4.69) is 4.98 Å². The Morgan fingerprint density at radius 1 is 1.23 bits per heavy atom. The molecule has 0 saturated heterocycles. The van der Waals surface area contributed by atoms with Crippen LogP contribution in [0.4, 0.5) is 5.82 Å². The Morgan fingerprint density at radius 2 is 1.91 bits per heavy atom. The van der Waals surface area contributed by atoms with Crippen molar-refractivity contribution in [2.75, 3.05) is 33.0 Å². The van der Waals surface area contributed by atoms with Gasteiger partial charge in [-0.1, -0.05) is 12.1 Å². The molecule has 0 amide bonds. The number of anilines is 1. The van der Waals surface area contributed by atoms with Gasteiger partial charge in [-0.05, 0) is 43.9 Å². The first-order chi connectivity index (χ1) is 10.5. The quantitative estimate of drug-likeness (QED) is 0.848. The molecular weight excluding hydrogens is 282 g/mol. The molecule has 0 fully saturated rings. The molecule has 0 radical (unpaired) electrons. The van der Waals surface area contributed by atoms with Crippen LogP contribution >= 0.6 is 0 Å². The van der Waals surface area contributed by atoms with Gasteiger partial charge in [0.15, 0.2) is 5.69 Å². The second kappa shape index (κ2) is 6.91. The van der Waals surface area contributed by atoms with Gasteiger partial charge in [0.05, 0.1) is 0 Å². The molecular formula is C16H19N3O3. The Balaban J connectivity index is 2.19. The Hall–Kier alpha value is -2.60. The van der Waals surface area contributed by atoms with Gasteiger partial charge >= 0.3 is 5.97 Å². The van der Waals surface area contributed by atoms with Gasteiger partial charge < -0.3 is 20.5 Å². The molecule has 0 aliphatic heterocycles. The van der Waals surface area contributed by atoms with E-state index in [0.29, 0.717) is 12.2 Å². The average molecular weight is 301 g/mol. The van der Waals surface area contributed by atoms with Crippen molar-refractivity contribution in [1.82, 2.24) is 9.88 Å². The third-order valence-electron chi connectivity index (χ3n) is 3.09. The summed E-state index contributed by atoms with van der Waals surface area (Å²) in [4.78, 5) is 17.2. The zero-order valence-corrected chi connectivity index (χ0v) is 12.6. The molecule has 1 aromatic carbocycles. The summed E-state index contributed by atoms with van der Waals surface area (Å²) in [5.41, 5.74) is 6.78. The van der Waals surface area contributed by atoms with Crippen LogP contribution in [0.2, 0.25) is 0 Å². The smallest absolute Gasteiger partial charge is 0.355 e. The van der Waals surface area contributed by atoms with Crippen LogP contribution in [-0.2, 0) is 0 Å². The summed E-state index contributed by atoms with van der Waals surface area (Å²) in [6, 6.07) is 10.5. The van der Waals surface area contributed by atoms with E-state index in [1.54, 1.807) is 12.1 Å². The largest absolute Gasteiger partial charge is 0.492 e. The standard InChI is InChI=1S/C16H19N3O3/c1-19(2)9-10-22-12-5-3-11(4-6-12)13-7-8-14(17)18-15(13)16(20)21/h3-8H,9-10H2,1-2H3,(H2,17,18)(H,20,21). The molecule has 0 aliphatic rings. The lowest BCUT2D eigenvalue weighted by atomic mass is 10.0. The monoisotopic (exact) mass is 301 g/mol. The van der Waals surface area contributed by atoms with E-state index in [1.165, 1.54) is 0 Å². The number of carboxylic acid groups (broad SMARTS) is 1. The molecule has 22 heavy (non-hydrogen) atoms. The minimum atomic E-state index is -1.10. The fraction of sp³-hybridized carbons (Fsp3) is 0.250. The van der Waals surface area contributed by atoms with E-state index in [9.17, 15) is 9.90 Å². The van der Waals surface area contributed by atoms with Gasteiger partial charge in [-0.15, -0.1) is 0 Å². The molecule has 1 aromatic heterocycles. The van der Waals surface area contributed by atoms with E-state index in [-0.39, 0.29) is 11.5 Å². The molecule has 2 rings (SSSR count). The van der Waals surface area contributed by atoms with Crippen LogP contribution in [0.1, 0.15) is 10.5 Å². The number of carboxylic acids is 1. The normalized spacial score (nSPS) is 10.7. The first-order valence-corrected chi connectivity index (χ1v) is 6.85. The van der Waals surface area contributed by atoms with Crippen molar-refractivity contribution in [3.8, 4) is 16.9 Å². The average Bonchev–Trinajstić information content (AvgIpc) is 2.47. The SMILES string of the molecule is CN(C)CCOc1ccc(-c2ccc(N)nc2C(=O)O)cc1. The summed E-state index contributed by atoms with van der Waals surface area (Å²) in [6.45, 7) is 1.42. The van der Waals surface area contributed by atoms with E-state index in [4.69, 9.17) is 10.5 Å². The Morgan fingerprint density at radius 3 is 2.50 bits per heavy atom. The summed E-state index contributed by atoms with van der Waals surface area (Å²) in [5, 5.41) is 9.23. The maximum absolute atomic E-state index is 11.3. The number of nitrogen functional groups attached to an aromatic ring is 1. The van der Waals surface area contributed by atoms with Crippen LogP contribution in [0.15, 0.2) is 36.4 Å². The summed E-state index contributed by atoms with van der Waals surface area (Å²) < 4.78 is 5.61. The van der Waals surface area contributed by atoms with Crippen molar-refractivity contribution >= 4 is 11.8 Å². The van der Waals surface area contributed by atoms with E-state index < -0.39 is 5.97 Å². The third kappa shape index (κ3) is 3.95. The minimum Gasteiger partial charge on any atom is -0.492 e. The number of hydrogen-bond donors (Lipinski definition) is 2. The molecule has 0 unspecified atom stereocenters. The molecule has 0 saturated carbocycles. The van der Waals surface area contributed by atoms with Gasteiger partial charge in [0.25, 0.3) is 0 Å². The highest BCUT2D eigenvalue weighted by Gasteiger charge is 2.14. The van der Waals surface area contributed by atoms with Gasteiger partial charge in [-0.3, -0.25) is 0 Å². The number of aromatic nitrogens is 1. The fourth-order valence-corrected chi connectivity index (χ4v) is 1.95. The van der Waals surface area contributed by atoms with Crippen molar-refractivity contribution in [2.45, 2.75) is 0 Å². The lowest BCUT2D eigenvalue weighted by molar-refractivity contribution is 0.0691. The molecule has 2 aromatic rings. The Bertz CT molecular complexity index is 654. The molecule has 0 spiro atoms. The van der Waals surface area contributed by atoms with Crippen molar-refractivity contribution in [3.05, 3.63) is 42.1 Å². The number of nitrogens with two attached hydrogens (primary N) is 1. The summed E-state index contributed by atoms with van der Waals surface area (Å²) in [7, 11) is 3.96. The lowest BCUT2D eigenvalue weighted by Crippen LogP contribution is -2.19. The van der Waals surface area contributed by atoms with Gasteiger partial charge in [0.2, 0.25) is 0 Å². The number of nitrogens with zero attached hydrogens (tertiary/aromatic N) is 2. The molecule has 0 aliphatic carbocycles. The zero-order chi connectivity index (χ0) is 16.1. The van der Waals surface area contributed by atoms with Crippen LogP contribution < -0.4 is 10.5 Å². The molecule has 116 valence electrons. The minimum absolute atomic E-state index is 0.0544. The van der Waals surface area contributed by atoms with Crippen LogP contribution in [-0.4, -0.2) is 48.2 Å². The topological polar surface area (TPSA) is 88.7 Å². The van der Waals surface area contributed by atoms with Crippen LogP contribution in [0, 0.1) is 0 Å². The molecule has 0 bridgehead atoms.